The van der Waals surface area contributed by atoms with Gasteiger partial charge in [0.05, 0.1) is 0 Å². The Labute approximate surface area is 53.6 Å². The summed E-state index contributed by atoms with van der Waals surface area (Å²) in [5.74, 6) is -0.192. The third-order valence-electron chi connectivity index (χ3n) is 0.958. The summed E-state index contributed by atoms with van der Waals surface area (Å²) in [5, 5.41) is 4.69. The summed E-state index contributed by atoms with van der Waals surface area (Å²) in [7, 11) is 1.52. The van der Waals surface area contributed by atoms with Gasteiger partial charge in [-0.2, -0.15) is 0 Å². The summed E-state index contributed by atoms with van der Waals surface area (Å²) in [6.45, 7) is 1.60. The predicted molar refractivity (Wildman–Crippen MR) is 32.7 cm³/mol. The minimum Gasteiger partial charge on any atom is -0.357 e. The van der Waals surface area contributed by atoms with E-state index in [1.807, 2.05) is 0 Å². The molecule has 0 aliphatic heterocycles. The Morgan fingerprint density at radius 1 is 1.67 bits per heavy atom. The van der Waals surface area contributed by atoms with Gasteiger partial charge in [-0.25, -0.2) is 0 Å². The number of carbonyl (C=O) groups excluding carboxylic acids is 2. The molecule has 52 valence electrons. The quantitative estimate of drug-likeness (QED) is 0.475. The van der Waals surface area contributed by atoms with E-state index in [2.05, 4.69) is 10.6 Å². The van der Waals surface area contributed by atoms with Crippen molar-refractivity contribution in [3.8, 4) is 0 Å². The second kappa shape index (κ2) is 3.88. The molecule has 2 amide bonds. The molecule has 4 heteroatoms. The zero-order valence-electron chi connectivity index (χ0n) is 5.47. The molecule has 0 bridgehead atoms. The molecule has 0 aliphatic rings. The standard InChI is InChI=1S/C5H10N2O2/c1-4(7-3-8)5(9)6-2/h3-4H,1-2H3,(H,6,9)(H,7,8)/t4-/m0/s1. The molecule has 0 aromatic carbocycles. The van der Waals surface area contributed by atoms with E-state index in [4.69, 9.17) is 0 Å². The van der Waals surface area contributed by atoms with E-state index in [1.54, 1.807) is 6.92 Å². The van der Waals surface area contributed by atoms with Gasteiger partial charge in [0.1, 0.15) is 6.04 Å². The zero-order chi connectivity index (χ0) is 7.28. The first kappa shape index (κ1) is 7.94. The molecule has 0 spiro atoms. The molecule has 2 N–H and O–H groups in total. The van der Waals surface area contributed by atoms with Crippen LogP contribution in [0.4, 0.5) is 0 Å². The van der Waals surface area contributed by atoms with Crippen LogP contribution in [0.25, 0.3) is 0 Å². The zero-order valence-corrected chi connectivity index (χ0v) is 5.47. The first-order valence-corrected chi connectivity index (χ1v) is 2.63. The van der Waals surface area contributed by atoms with Gasteiger partial charge in [-0.15, -0.1) is 0 Å². The minimum atomic E-state index is -0.438. The van der Waals surface area contributed by atoms with Crippen molar-refractivity contribution in [2.75, 3.05) is 7.05 Å². The van der Waals surface area contributed by atoms with Gasteiger partial charge in [0.25, 0.3) is 0 Å². The van der Waals surface area contributed by atoms with Crippen LogP contribution in [0.5, 0.6) is 0 Å². The minimum absolute atomic E-state index is 0.192. The molecule has 4 nitrogen and oxygen atoms in total. The molecule has 0 radical (unpaired) electrons. The second-order valence-corrected chi connectivity index (χ2v) is 1.62. The molecule has 1 atom stereocenters. The first-order chi connectivity index (χ1) is 4.22. The Morgan fingerprint density at radius 3 is 2.56 bits per heavy atom. The second-order valence-electron chi connectivity index (χ2n) is 1.62. The maximum absolute atomic E-state index is 10.6. The summed E-state index contributed by atoms with van der Waals surface area (Å²) >= 11 is 0. The molecule has 0 fully saturated rings. The van der Waals surface area contributed by atoms with E-state index in [1.165, 1.54) is 7.05 Å². The lowest BCUT2D eigenvalue weighted by Gasteiger charge is -2.06. The number of amides is 2. The van der Waals surface area contributed by atoms with E-state index in [9.17, 15) is 9.59 Å². The first-order valence-electron chi connectivity index (χ1n) is 2.63. The summed E-state index contributed by atoms with van der Waals surface area (Å²) in [5.41, 5.74) is 0. The Balaban J connectivity index is 3.58. The molecule has 0 saturated heterocycles. The monoisotopic (exact) mass is 130 g/mol. The Hall–Kier alpha value is -1.06. The maximum atomic E-state index is 10.6. The third kappa shape index (κ3) is 2.69. The number of hydrogen-bond acceptors (Lipinski definition) is 2. The number of nitrogens with one attached hydrogen (secondary N) is 2. The van der Waals surface area contributed by atoms with Gasteiger partial charge in [-0.3, -0.25) is 9.59 Å². The molecule has 0 aromatic rings. The van der Waals surface area contributed by atoms with Crippen LogP contribution in [0.1, 0.15) is 6.92 Å². The van der Waals surface area contributed by atoms with Crippen molar-refractivity contribution < 1.29 is 9.59 Å². The lowest BCUT2D eigenvalue weighted by molar-refractivity contribution is -0.124. The van der Waals surface area contributed by atoms with E-state index in [0.29, 0.717) is 6.41 Å². The summed E-state index contributed by atoms with van der Waals surface area (Å²) in [6, 6.07) is -0.438. The normalized spacial score (nSPS) is 11.8. The smallest absolute Gasteiger partial charge is 0.242 e. The SMILES string of the molecule is CNC(=O)[C@H](C)NC=O. The Morgan fingerprint density at radius 2 is 2.22 bits per heavy atom. The fourth-order valence-electron chi connectivity index (χ4n) is 0.394. The number of likely N-dealkylation sites (N-methyl/N-ethyl adjacent to an activating group) is 1. The highest BCUT2D eigenvalue weighted by atomic mass is 16.2. The topological polar surface area (TPSA) is 58.2 Å². The molecular formula is C5H10N2O2. The van der Waals surface area contributed by atoms with Crippen molar-refractivity contribution in [1.29, 1.82) is 0 Å². The van der Waals surface area contributed by atoms with Crippen molar-refractivity contribution in [1.82, 2.24) is 10.6 Å². The van der Waals surface area contributed by atoms with Crippen molar-refractivity contribution in [2.45, 2.75) is 13.0 Å². The van der Waals surface area contributed by atoms with Crippen LogP contribution in [0.2, 0.25) is 0 Å². The van der Waals surface area contributed by atoms with Crippen LogP contribution in [0, 0.1) is 0 Å². The highest BCUT2D eigenvalue weighted by Crippen LogP contribution is 1.75. The maximum Gasteiger partial charge on any atom is 0.242 e. The largest absolute Gasteiger partial charge is 0.357 e. The molecule has 0 unspecified atom stereocenters. The van der Waals surface area contributed by atoms with Crippen LogP contribution in [0.3, 0.4) is 0 Å². The van der Waals surface area contributed by atoms with Crippen LogP contribution in [-0.2, 0) is 9.59 Å². The molecule has 9 heavy (non-hydrogen) atoms. The van der Waals surface area contributed by atoms with Crippen LogP contribution >= 0.6 is 0 Å². The van der Waals surface area contributed by atoms with E-state index < -0.39 is 6.04 Å². The van der Waals surface area contributed by atoms with E-state index in [-0.39, 0.29) is 5.91 Å². The molecule has 0 heterocycles. The highest BCUT2D eigenvalue weighted by Gasteiger charge is 2.06. The van der Waals surface area contributed by atoms with Gasteiger partial charge in [-0.05, 0) is 6.92 Å². The van der Waals surface area contributed by atoms with Crippen molar-refractivity contribution in [2.24, 2.45) is 0 Å². The highest BCUT2D eigenvalue weighted by molar-refractivity contribution is 5.82. The molecular weight excluding hydrogens is 120 g/mol. The average molecular weight is 130 g/mol. The fraction of sp³-hybridized carbons (Fsp3) is 0.600. The van der Waals surface area contributed by atoms with Crippen LogP contribution in [0.15, 0.2) is 0 Å². The number of carbonyl (C=O) groups is 2. The number of rotatable bonds is 3. The summed E-state index contributed by atoms with van der Waals surface area (Å²) < 4.78 is 0. The van der Waals surface area contributed by atoms with Crippen molar-refractivity contribution >= 4 is 12.3 Å². The van der Waals surface area contributed by atoms with Gasteiger partial charge >= 0.3 is 0 Å². The van der Waals surface area contributed by atoms with Gasteiger partial charge in [0.15, 0.2) is 0 Å². The number of hydrogen-bond donors (Lipinski definition) is 2. The van der Waals surface area contributed by atoms with Gasteiger partial charge in [-0.1, -0.05) is 0 Å². The third-order valence-corrected chi connectivity index (χ3v) is 0.958. The van der Waals surface area contributed by atoms with E-state index >= 15 is 0 Å². The lowest BCUT2D eigenvalue weighted by Crippen LogP contribution is -2.39. The Kier molecular flexibility index (Phi) is 3.43. The fourth-order valence-corrected chi connectivity index (χ4v) is 0.394. The molecule has 0 rings (SSSR count). The van der Waals surface area contributed by atoms with Crippen molar-refractivity contribution in [3.63, 3.8) is 0 Å². The molecule has 0 saturated carbocycles. The molecule has 0 aromatic heterocycles. The van der Waals surface area contributed by atoms with Crippen molar-refractivity contribution in [3.05, 3.63) is 0 Å². The van der Waals surface area contributed by atoms with Crippen LogP contribution < -0.4 is 10.6 Å². The van der Waals surface area contributed by atoms with Gasteiger partial charge in [0, 0.05) is 7.05 Å². The van der Waals surface area contributed by atoms with Crippen LogP contribution in [-0.4, -0.2) is 25.4 Å². The summed E-state index contributed by atoms with van der Waals surface area (Å²) in [6.07, 6.45) is 0.500. The predicted octanol–water partition coefficient (Wildman–Crippen LogP) is -1.13. The van der Waals surface area contributed by atoms with Gasteiger partial charge in [0.2, 0.25) is 12.3 Å². The Bertz CT molecular complexity index is 114. The van der Waals surface area contributed by atoms with E-state index in [0.717, 1.165) is 0 Å². The lowest BCUT2D eigenvalue weighted by atomic mass is 10.3. The average Bonchev–Trinajstić information content (AvgIpc) is 1.87. The summed E-state index contributed by atoms with van der Waals surface area (Å²) in [4.78, 5) is 20.3. The van der Waals surface area contributed by atoms with Gasteiger partial charge < -0.3 is 10.6 Å². The molecule has 0 aliphatic carbocycles.